The lowest BCUT2D eigenvalue weighted by Crippen LogP contribution is -2.32. The minimum Gasteiger partial charge on any atom is -0.482 e. The van der Waals surface area contributed by atoms with Gasteiger partial charge in [0.15, 0.2) is 6.61 Å². The average molecular weight is 350 g/mol. The Morgan fingerprint density at radius 3 is 2.83 bits per heavy atom. The molecule has 4 rings (SSSR count). The van der Waals surface area contributed by atoms with Gasteiger partial charge in [-0.05, 0) is 61.6 Å². The molecule has 2 fully saturated rings. The molecule has 0 aromatic heterocycles. The second kappa shape index (κ2) is 5.74. The maximum absolute atomic E-state index is 12.7. The first-order valence-electron chi connectivity index (χ1n) is 8.49. The second-order valence-electron chi connectivity index (χ2n) is 7.24. The lowest BCUT2D eigenvalue weighted by Gasteiger charge is -2.23. The van der Waals surface area contributed by atoms with Crippen LogP contribution in [0.5, 0.6) is 5.75 Å². The lowest BCUT2D eigenvalue weighted by atomic mass is 9.89. The monoisotopic (exact) mass is 350 g/mol. The highest BCUT2D eigenvalue weighted by atomic mass is 32.2. The van der Waals surface area contributed by atoms with Crippen LogP contribution < -0.4 is 14.8 Å². The van der Waals surface area contributed by atoms with Crippen LogP contribution in [0.25, 0.3) is 0 Å². The van der Waals surface area contributed by atoms with Gasteiger partial charge in [0, 0.05) is 6.54 Å². The molecule has 7 heteroatoms. The minimum atomic E-state index is -3.60. The maximum atomic E-state index is 12.7. The SMILES string of the molecule is Cc1cc2c(cc1S(=O)(=O)NC[C@@H]1C[C@@H]3CC[C@@H]1C3)NC(=O)CO2. The number of ether oxygens (including phenoxy) is 1. The minimum absolute atomic E-state index is 0.0407. The van der Waals surface area contributed by atoms with Gasteiger partial charge in [-0.3, -0.25) is 4.79 Å². The zero-order chi connectivity index (χ0) is 16.9. The van der Waals surface area contributed by atoms with Crippen molar-refractivity contribution in [3.8, 4) is 5.75 Å². The molecule has 6 nitrogen and oxygen atoms in total. The third-order valence-electron chi connectivity index (χ3n) is 5.62. The summed E-state index contributed by atoms with van der Waals surface area (Å²) in [4.78, 5) is 11.6. The molecule has 1 amide bonds. The molecule has 1 aromatic carbocycles. The van der Waals surface area contributed by atoms with Crippen molar-refractivity contribution in [2.45, 2.75) is 37.5 Å². The van der Waals surface area contributed by atoms with Gasteiger partial charge in [0.05, 0.1) is 10.6 Å². The molecule has 0 radical (unpaired) electrons. The van der Waals surface area contributed by atoms with Gasteiger partial charge in [-0.25, -0.2) is 13.1 Å². The van der Waals surface area contributed by atoms with Gasteiger partial charge in [0.2, 0.25) is 10.0 Å². The van der Waals surface area contributed by atoms with Crippen molar-refractivity contribution in [2.75, 3.05) is 18.5 Å². The predicted molar refractivity (Wildman–Crippen MR) is 89.4 cm³/mol. The van der Waals surface area contributed by atoms with Crippen LogP contribution in [0, 0.1) is 24.7 Å². The predicted octanol–water partition coefficient (Wildman–Crippen LogP) is 2.04. The lowest BCUT2D eigenvalue weighted by molar-refractivity contribution is -0.118. The number of anilines is 1. The van der Waals surface area contributed by atoms with E-state index in [-0.39, 0.29) is 17.4 Å². The largest absolute Gasteiger partial charge is 0.482 e. The van der Waals surface area contributed by atoms with Gasteiger partial charge in [-0.1, -0.05) is 6.42 Å². The number of fused-ring (bicyclic) bond motifs is 3. The molecule has 2 saturated carbocycles. The van der Waals surface area contributed by atoms with Gasteiger partial charge in [-0.2, -0.15) is 0 Å². The van der Waals surface area contributed by atoms with E-state index in [4.69, 9.17) is 4.74 Å². The molecule has 0 saturated heterocycles. The van der Waals surface area contributed by atoms with Crippen molar-refractivity contribution in [3.05, 3.63) is 17.7 Å². The van der Waals surface area contributed by atoms with Crippen LogP contribution in [0.3, 0.4) is 0 Å². The summed E-state index contributed by atoms with van der Waals surface area (Å²) in [7, 11) is -3.60. The molecule has 2 N–H and O–H groups in total. The molecular formula is C17H22N2O4S. The molecule has 130 valence electrons. The Bertz CT molecular complexity index is 790. The highest BCUT2D eigenvalue weighted by molar-refractivity contribution is 7.89. The van der Waals surface area contributed by atoms with E-state index >= 15 is 0 Å². The van der Waals surface area contributed by atoms with Crippen molar-refractivity contribution in [1.29, 1.82) is 0 Å². The number of hydrogen-bond donors (Lipinski definition) is 2. The van der Waals surface area contributed by atoms with E-state index < -0.39 is 10.0 Å². The van der Waals surface area contributed by atoms with Crippen LogP contribution >= 0.6 is 0 Å². The molecule has 1 aliphatic heterocycles. The molecule has 1 heterocycles. The van der Waals surface area contributed by atoms with E-state index in [2.05, 4.69) is 10.0 Å². The molecule has 3 aliphatic rings. The standard InChI is InChI=1S/C17H22N2O4S/c1-10-4-15-14(19-17(20)9-23-15)7-16(10)24(21,22)18-8-13-6-11-2-3-12(13)5-11/h4,7,11-13,18H,2-3,5-6,8-9H2,1H3,(H,19,20)/t11-,12-,13+/m1/s1. The fourth-order valence-electron chi connectivity index (χ4n) is 4.42. The normalized spacial score (nSPS) is 28.4. The first-order valence-corrected chi connectivity index (χ1v) is 9.97. The van der Waals surface area contributed by atoms with Gasteiger partial charge in [0.1, 0.15) is 5.75 Å². The molecule has 24 heavy (non-hydrogen) atoms. The topological polar surface area (TPSA) is 84.5 Å². The van der Waals surface area contributed by atoms with Crippen LogP contribution in [0.4, 0.5) is 5.69 Å². The number of rotatable bonds is 4. The number of aryl methyl sites for hydroxylation is 1. The van der Waals surface area contributed by atoms with Crippen LogP contribution in [-0.2, 0) is 14.8 Å². The van der Waals surface area contributed by atoms with Crippen molar-refractivity contribution < 1.29 is 17.9 Å². The van der Waals surface area contributed by atoms with Crippen molar-refractivity contribution in [1.82, 2.24) is 4.72 Å². The maximum Gasteiger partial charge on any atom is 0.262 e. The quantitative estimate of drug-likeness (QED) is 0.870. The number of hydrogen-bond acceptors (Lipinski definition) is 4. The fourth-order valence-corrected chi connectivity index (χ4v) is 5.76. The Morgan fingerprint density at radius 1 is 1.29 bits per heavy atom. The molecular weight excluding hydrogens is 328 g/mol. The zero-order valence-corrected chi connectivity index (χ0v) is 14.5. The number of amides is 1. The van der Waals surface area contributed by atoms with Gasteiger partial charge < -0.3 is 10.1 Å². The van der Waals surface area contributed by atoms with Crippen molar-refractivity contribution >= 4 is 21.6 Å². The molecule has 0 spiro atoms. The van der Waals surface area contributed by atoms with E-state index in [0.29, 0.717) is 35.4 Å². The number of nitrogens with one attached hydrogen (secondary N) is 2. The van der Waals surface area contributed by atoms with Crippen LogP contribution in [0.2, 0.25) is 0 Å². The van der Waals surface area contributed by atoms with Gasteiger partial charge >= 0.3 is 0 Å². The smallest absolute Gasteiger partial charge is 0.262 e. The Hall–Kier alpha value is -1.60. The summed E-state index contributed by atoms with van der Waals surface area (Å²) >= 11 is 0. The third-order valence-corrected chi connectivity index (χ3v) is 7.19. The number of carbonyl (C=O) groups excluding carboxylic acids is 1. The Labute approximate surface area is 142 Å². The highest BCUT2D eigenvalue weighted by Crippen LogP contribution is 2.48. The number of benzene rings is 1. The first kappa shape index (κ1) is 15.9. The van der Waals surface area contributed by atoms with Crippen molar-refractivity contribution in [3.63, 3.8) is 0 Å². The van der Waals surface area contributed by atoms with E-state index in [1.165, 1.54) is 25.3 Å². The summed E-state index contributed by atoms with van der Waals surface area (Å²) in [5.41, 5.74) is 1.03. The zero-order valence-electron chi connectivity index (χ0n) is 13.7. The van der Waals surface area contributed by atoms with Gasteiger partial charge in [-0.15, -0.1) is 0 Å². The van der Waals surface area contributed by atoms with E-state index in [1.54, 1.807) is 13.0 Å². The molecule has 0 unspecified atom stereocenters. The summed E-state index contributed by atoms with van der Waals surface area (Å²) < 4.78 is 33.5. The van der Waals surface area contributed by atoms with Gasteiger partial charge in [0.25, 0.3) is 5.91 Å². The average Bonchev–Trinajstić information content (AvgIpc) is 3.15. The summed E-state index contributed by atoms with van der Waals surface area (Å²) in [6, 6.07) is 3.16. The van der Waals surface area contributed by atoms with E-state index in [0.717, 1.165) is 12.3 Å². The van der Waals surface area contributed by atoms with E-state index in [9.17, 15) is 13.2 Å². The Morgan fingerprint density at radius 2 is 2.12 bits per heavy atom. The molecule has 2 bridgehead atoms. The summed E-state index contributed by atoms with van der Waals surface area (Å²) in [5, 5.41) is 2.66. The Kier molecular flexibility index (Phi) is 3.80. The molecule has 3 atom stereocenters. The summed E-state index contributed by atoms with van der Waals surface area (Å²) in [6.45, 7) is 2.20. The summed E-state index contributed by atoms with van der Waals surface area (Å²) in [6.07, 6.45) is 4.93. The van der Waals surface area contributed by atoms with E-state index in [1.807, 2.05) is 0 Å². The van der Waals surface area contributed by atoms with Crippen LogP contribution in [0.15, 0.2) is 17.0 Å². The number of carbonyl (C=O) groups is 1. The second-order valence-corrected chi connectivity index (χ2v) is 8.97. The number of sulfonamides is 1. The Balaban J connectivity index is 1.53. The molecule has 2 aliphatic carbocycles. The summed E-state index contributed by atoms with van der Waals surface area (Å²) in [5.74, 6) is 2.17. The highest BCUT2D eigenvalue weighted by Gasteiger charge is 2.39. The fraction of sp³-hybridized carbons (Fsp3) is 0.588. The van der Waals surface area contributed by atoms with Crippen molar-refractivity contribution in [2.24, 2.45) is 17.8 Å². The van der Waals surface area contributed by atoms with Crippen LogP contribution in [-0.4, -0.2) is 27.5 Å². The van der Waals surface area contributed by atoms with Crippen LogP contribution in [0.1, 0.15) is 31.2 Å². The first-order chi connectivity index (χ1) is 11.4. The molecule has 1 aromatic rings. The third kappa shape index (κ3) is 2.80.